The minimum atomic E-state index is -0.656. The van der Waals surface area contributed by atoms with Crippen LogP contribution in [0.5, 0.6) is 0 Å². The summed E-state index contributed by atoms with van der Waals surface area (Å²) in [6.07, 6.45) is -0.656. The van der Waals surface area contributed by atoms with Crippen molar-refractivity contribution in [3.05, 3.63) is 64.1 Å². The number of benzene rings is 2. The summed E-state index contributed by atoms with van der Waals surface area (Å²) in [6.45, 7) is 5.33. The second kappa shape index (κ2) is 10.1. The van der Waals surface area contributed by atoms with E-state index in [1.165, 1.54) is 0 Å². The second-order valence-electron chi connectivity index (χ2n) is 7.27. The molecule has 0 fully saturated rings. The number of alkyl carbamates (subject to hydrolysis) is 1. The zero-order valence-corrected chi connectivity index (χ0v) is 18.1. The van der Waals surface area contributed by atoms with Gasteiger partial charge in [-0.1, -0.05) is 24.3 Å². The number of carbonyl (C=O) groups excluding carboxylic acids is 3. The minimum absolute atomic E-state index is 0.200. The monoisotopic (exact) mass is 461 g/mol. The molecular weight excluding hydrogens is 438 g/mol. The van der Waals surface area contributed by atoms with E-state index in [4.69, 9.17) is 4.74 Å². The number of hydrogen-bond acceptors (Lipinski definition) is 4. The molecule has 0 aliphatic carbocycles. The van der Waals surface area contributed by atoms with Crippen molar-refractivity contribution in [2.45, 2.75) is 32.9 Å². The van der Waals surface area contributed by atoms with E-state index in [-0.39, 0.29) is 18.4 Å². The van der Waals surface area contributed by atoms with Crippen LogP contribution in [0.4, 0.5) is 10.5 Å². The number of rotatable bonds is 6. The summed E-state index contributed by atoms with van der Waals surface area (Å²) in [5.41, 5.74) is 1.30. The highest BCUT2D eigenvalue weighted by molar-refractivity contribution is 9.10. The first-order valence-corrected chi connectivity index (χ1v) is 9.82. The Morgan fingerprint density at radius 2 is 1.72 bits per heavy atom. The van der Waals surface area contributed by atoms with Crippen molar-refractivity contribution in [3.63, 3.8) is 0 Å². The summed E-state index contributed by atoms with van der Waals surface area (Å²) in [6, 6.07) is 14.3. The molecule has 0 radical (unpaired) electrons. The molecule has 0 saturated heterocycles. The SMILES string of the molecule is CC(C)(C)OC(=O)NCC(=O)Nc1cccc(CNC(=O)c2ccccc2Br)c1. The van der Waals surface area contributed by atoms with E-state index >= 15 is 0 Å². The van der Waals surface area contributed by atoms with Crippen molar-refractivity contribution in [1.82, 2.24) is 10.6 Å². The van der Waals surface area contributed by atoms with Crippen molar-refractivity contribution in [2.24, 2.45) is 0 Å². The van der Waals surface area contributed by atoms with Crippen LogP contribution in [0.2, 0.25) is 0 Å². The number of ether oxygens (including phenoxy) is 1. The molecule has 3 N–H and O–H groups in total. The fourth-order valence-corrected chi connectivity index (χ4v) is 2.82. The highest BCUT2D eigenvalue weighted by Gasteiger charge is 2.16. The summed E-state index contributed by atoms with van der Waals surface area (Å²) in [7, 11) is 0. The van der Waals surface area contributed by atoms with E-state index in [0.29, 0.717) is 17.8 Å². The molecule has 7 nitrogen and oxygen atoms in total. The number of amides is 3. The first-order valence-electron chi connectivity index (χ1n) is 9.02. The lowest BCUT2D eigenvalue weighted by atomic mass is 10.1. The Hall–Kier alpha value is -2.87. The third kappa shape index (κ3) is 7.95. The van der Waals surface area contributed by atoms with Gasteiger partial charge >= 0.3 is 6.09 Å². The normalized spacial score (nSPS) is 10.8. The topological polar surface area (TPSA) is 96.5 Å². The van der Waals surface area contributed by atoms with Crippen LogP contribution in [0.1, 0.15) is 36.7 Å². The van der Waals surface area contributed by atoms with Gasteiger partial charge in [-0.3, -0.25) is 9.59 Å². The lowest BCUT2D eigenvalue weighted by Crippen LogP contribution is -2.37. The summed E-state index contributed by atoms with van der Waals surface area (Å²) in [5, 5.41) is 7.95. The highest BCUT2D eigenvalue weighted by Crippen LogP contribution is 2.16. The predicted molar refractivity (Wildman–Crippen MR) is 115 cm³/mol. The molecule has 154 valence electrons. The van der Waals surface area contributed by atoms with E-state index in [0.717, 1.165) is 10.0 Å². The van der Waals surface area contributed by atoms with E-state index in [9.17, 15) is 14.4 Å². The van der Waals surface area contributed by atoms with Gasteiger partial charge in [0.15, 0.2) is 0 Å². The third-order valence-electron chi connectivity index (χ3n) is 3.57. The Balaban J connectivity index is 1.86. The zero-order valence-electron chi connectivity index (χ0n) is 16.5. The smallest absolute Gasteiger partial charge is 0.408 e. The summed E-state index contributed by atoms with van der Waals surface area (Å²) in [5.74, 6) is -0.585. The van der Waals surface area contributed by atoms with Gasteiger partial charge < -0.3 is 20.7 Å². The van der Waals surface area contributed by atoms with Gasteiger partial charge in [-0.05, 0) is 66.5 Å². The molecule has 0 bridgehead atoms. The van der Waals surface area contributed by atoms with E-state index < -0.39 is 11.7 Å². The Kier molecular flexibility index (Phi) is 7.78. The molecule has 0 aliphatic heterocycles. The highest BCUT2D eigenvalue weighted by atomic mass is 79.9. The summed E-state index contributed by atoms with van der Waals surface area (Å²) < 4.78 is 5.80. The van der Waals surface area contributed by atoms with Gasteiger partial charge in [0.05, 0.1) is 5.56 Å². The summed E-state index contributed by atoms with van der Waals surface area (Å²) >= 11 is 3.36. The van der Waals surface area contributed by atoms with Crippen LogP contribution >= 0.6 is 15.9 Å². The molecular formula is C21H24BrN3O4. The number of anilines is 1. The van der Waals surface area contributed by atoms with Crippen molar-refractivity contribution in [1.29, 1.82) is 0 Å². The van der Waals surface area contributed by atoms with E-state index in [1.807, 2.05) is 12.1 Å². The quantitative estimate of drug-likeness (QED) is 0.608. The predicted octanol–water partition coefficient (Wildman–Crippen LogP) is 3.84. The molecule has 2 aromatic carbocycles. The van der Waals surface area contributed by atoms with Crippen molar-refractivity contribution >= 4 is 39.5 Å². The van der Waals surface area contributed by atoms with Crippen LogP contribution < -0.4 is 16.0 Å². The lowest BCUT2D eigenvalue weighted by Gasteiger charge is -2.19. The molecule has 0 aromatic heterocycles. The molecule has 0 unspecified atom stereocenters. The van der Waals surface area contributed by atoms with Crippen LogP contribution in [0.15, 0.2) is 53.0 Å². The molecule has 0 atom stereocenters. The molecule has 8 heteroatoms. The van der Waals surface area contributed by atoms with Crippen LogP contribution in [0, 0.1) is 0 Å². The van der Waals surface area contributed by atoms with Gasteiger partial charge in [0, 0.05) is 16.7 Å². The van der Waals surface area contributed by atoms with Crippen LogP contribution in [-0.2, 0) is 16.1 Å². The first kappa shape index (κ1) is 22.4. The van der Waals surface area contributed by atoms with Gasteiger partial charge in [-0.25, -0.2) is 4.79 Å². The van der Waals surface area contributed by atoms with Gasteiger partial charge in [-0.15, -0.1) is 0 Å². The Bertz CT molecular complexity index is 893. The largest absolute Gasteiger partial charge is 0.444 e. The molecule has 0 aliphatic rings. The molecule has 2 aromatic rings. The van der Waals surface area contributed by atoms with Crippen LogP contribution in [0.25, 0.3) is 0 Å². The fourth-order valence-electron chi connectivity index (χ4n) is 2.35. The standard InChI is InChI=1S/C21H24BrN3O4/c1-21(2,3)29-20(28)24-13-18(26)25-15-8-6-7-14(11-15)12-23-19(27)16-9-4-5-10-17(16)22/h4-11H,12-13H2,1-3H3,(H,23,27)(H,24,28)(H,25,26). The average molecular weight is 462 g/mol. The lowest BCUT2D eigenvalue weighted by molar-refractivity contribution is -0.115. The molecule has 0 spiro atoms. The molecule has 29 heavy (non-hydrogen) atoms. The van der Waals surface area contributed by atoms with Crippen LogP contribution in [0.3, 0.4) is 0 Å². The molecule has 0 saturated carbocycles. The maximum Gasteiger partial charge on any atom is 0.408 e. The Morgan fingerprint density at radius 3 is 2.41 bits per heavy atom. The van der Waals surface area contributed by atoms with E-state index in [2.05, 4.69) is 31.9 Å². The molecule has 0 heterocycles. The number of nitrogens with one attached hydrogen (secondary N) is 3. The second-order valence-corrected chi connectivity index (χ2v) is 8.12. The maximum atomic E-state index is 12.3. The van der Waals surface area contributed by atoms with Crippen LogP contribution in [-0.4, -0.2) is 30.1 Å². The van der Waals surface area contributed by atoms with Gasteiger partial charge in [0.1, 0.15) is 12.1 Å². The third-order valence-corrected chi connectivity index (χ3v) is 4.27. The molecule has 3 amide bonds. The zero-order chi connectivity index (χ0) is 21.4. The number of halogens is 1. The summed E-state index contributed by atoms with van der Waals surface area (Å²) in [4.78, 5) is 35.9. The van der Waals surface area contributed by atoms with Crippen molar-refractivity contribution < 1.29 is 19.1 Å². The number of carbonyl (C=O) groups is 3. The number of hydrogen-bond donors (Lipinski definition) is 3. The molecule has 2 rings (SSSR count). The van der Waals surface area contributed by atoms with Gasteiger partial charge in [0.2, 0.25) is 5.91 Å². The minimum Gasteiger partial charge on any atom is -0.444 e. The first-order chi connectivity index (χ1) is 13.6. The van der Waals surface area contributed by atoms with Gasteiger partial charge in [-0.2, -0.15) is 0 Å². The van der Waals surface area contributed by atoms with Crippen molar-refractivity contribution in [2.75, 3.05) is 11.9 Å². The van der Waals surface area contributed by atoms with E-state index in [1.54, 1.807) is 57.2 Å². The van der Waals surface area contributed by atoms with Crippen molar-refractivity contribution in [3.8, 4) is 0 Å². The average Bonchev–Trinajstić information content (AvgIpc) is 2.64. The Morgan fingerprint density at radius 1 is 1.00 bits per heavy atom. The maximum absolute atomic E-state index is 12.3. The fraction of sp³-hybridized carbons (Fsp3) is 0.286. The Labute approximate surface area is 178 Å². The van der Waals surface area contributed by atoms with Gasteiger partial charge in [0.25, 0.3) is 5.91 Å².